The maximum atomic E-state index is 12.8. The van der Waals surface area contributed by atoms with Crippen molar-refractivity contribution in [3.05, 3.63) is 120 Å². The topological polar surface area (TPSA) is 52.6 Å². The van der Waals surface area contributed by atoms with Crippen LogP contribution in [0.25, 0.3) is 5.57 Å². The molecule has 0 amide bonds. The molecule has 0 saturated heterocycles. The van der Waals surface area contributed by atoms with Gasteiger partial charge >= 0.3 is 0 Å². The normalized spacial score (nSPS) is 13.3. The van der Waals surface area contributed by atoms with Crippen LogP contribution in [-0.4, -0.2) is 29.4 Å². The third-order valence-electron chi connectivity index (χ3n) is 7.23. The van der Waals surface area contributed by atoms with Gasteiger partial charge in [-0.05, 0) is 72.3 Å². The average molecular weight is 563 g/mol. The van der Waals surface area contributed by atoms with Crippen LogP contribution in [-0.2, 0) is 19.0 Å². The van der Waals surface area contributed by atoms with Gasteiger partial charge in [-0.3, -0.25) is 0 Å². The van der Waals surface area contributed by atoms with E-state index in [-0.39, 0.29) is 16.0 Å². The molecule has 3 aromatic rings. The highest BCUT2D eigenvalue weighted by molar-refractivity contribution is 7.94. The molecule has 3 aromatic carbocycles. The number of hydrogen-bond donors (Lipinski definition) is 0. The molecule has 4 nitrogen and oxygen atoms in total. The number of sulfone groups is 1. The van der Waals surface area contributed by atoms with Crippen molar-refractivity contribution in [2.75, 3.05) is 6.61 Å². The summed E-state index contributed by atoms with van der Waals surface area (Å²) in [4.78, 5) is 0.244. The Labute approximate surface area is 236 Å². The number of unbranched alkanes of at least 4 members (excludes halogenated alkanes) is 1. The Morgan fingerprint density at radius 3 is 1.85 bits per heavy atom. The van der Waals surface area contributed by atoms with E-state index in [0.717, 1.165) is 48.0 Å². The molecule has 0 bridgehead atoms. The fraction of sp³-hybridized carbons (Fsp3) is 0.333. The van der Waals surface area contributed by atoms with Gasteiger partial charge in [-0.1, -0.05) is 99.6 Å². The molecule has 39 heavy (non-hydrogen) atoms. The minimum atomic E-state index is -3.59. The fourth-order valence-corrected chi connectivity index (χ4v) is 5.85. The molecule has 0 aliphatic heterocycles. The quantitative estimate of drug-likeness (QED) is 0.119. The van der Waals surface area contributed by atoms with E-state index in [1.807, 2.05) is 36.4 Å². The lowest BCUT2D eigenvalue weighted by Gasteiger charge is -2.36. The zero-order valence-corrected chi connectivity index (χ0v) is 25.7. The van der Waals surface area contributed by atoms with E-state index in [9.17, 15) is 8.42 Å². The van der Waals surface area contributed by atoms with E-state index in [2.05, 4.69) is 64.2 Å². The van der Waals surface area contributed by atoms with Crippen LogP contribution in [0.3, 0.4) is 0 Å². The van der Waals surface area contributed by atoms with Gasteiger partial charge in [0.1, 0.15) is 6.10 Å². The van der Waals surface area contributed by atoms with Gasteiger partial charge < -0.3 is 9.16 Å². The molecule has 0 aliphatic carbocycles. The van der Waals surface area contributed by atoms with Crippen molar-refractivity contribution in [3.63, 3.8) is 0 Å². The van der Waals surface area contributed by atoms with Crippen molar-refractivity contribution in [2.24, 2.45) is 0 Å². The highest BCUT2D eigenvalue weighted by Crippen LogP contribution is 2.36. The molecule has 3 rings (SSSR count). The molecule has 0 radical (unpaired) electrons. The average Bonchev–Trinajstić information content (AvgIpc) is 2.92. The fourth-order valence-electron chi connectivity index (χ4n) is 3.86. The van der Waals surface area contributed by atoms with Crippen LogP contribution in [0, 0.1) is 0 Å². The Bertz CT molecular complexity index is 1270. The first-order valence-electron chi connectivity index (χ1n) is 13.6. The molecule has 0 heterocycles. The molecule has 0 fully saturated rings. The summed E-state index contributed by atoms with van der Waals surface area (Å²) in [6, 6.07) is 28.8. The summed E-state index contributed by atoms with van der Waals surface area (Å²) in [5.74, 6) is 0. The van der Waals surface area contributed by atoms with Crippen molar-refractivity contribution < 1.29 is 17.6 Å². The summed E-state index contributed by atoms with van der Waals surface area (Å²) >= 11 is 0. The molecule has 1 unspecified atom stereocenters. The van der Waals surface area contributed by atoms with Gasteiger partial charge in [-0.15, -0.1) is 0 Å². The van der Waals surface area contributed by atoms with Crippen molar-refractivity contribution in [1.82, 2.24) is 0 Å². The predicted molar refractivity (Wildman–Crippen MR) is 165 cm³/mol. The van der Waals surface area contributed by atoms with Gasteiger partial charge in [-0.2, -0.15) is 0 Å². The lowest BCUT2D eigenvalue weighted by molar-refractivity contribution is 0.171. The van der Waals surface area contributed by atoms with Gasteiger partial charge in [0.2, 0.25) is 9.84 Å². The van der Waals surface area contributed by atoms with Crippen molar-refractivity contribution >= 4 is 23.7 Å². The molecule has 0 N–H and O–H groups in total. The zero-order valence-electron chi connectivity index (χ0n) is 23.8. The molecule has 0 aromatic heterocycles. The van der Waals surface area contributed by atoms with Crippen molar-refractivity contribution in [3.8, 4) is 0 Å². The van der Waals surface area contributed by atoms with Crippen LogP contribution in [0.4, 0.5) is 0 Å². The van der Waals surface area contributed by atoms with Crippen LogP contribution in [0.5, 0.6) is 0 Å². The van der Waals surface area contributed by atoms with Crippen molar-refractivity contribution in [1.29, 1.82) is 0 Å². The molecular weight excluding hydrogens is 521 g/mol. The molecule has 1 atom stereocenters. The second-order valence-electron chi connectivity index (χ2n) is 11.2. The third-order valence-corrected chi connectivity index (χ3v) is 13.2. The first-order valence-corrected chi connectivity index (χ1v) is 18.0. The highest BCUT2D eigenvalue weighted by Gasteiger charge is 2.36. The Hall–Kier alpha value is -2.93. The third kappa shape index (κ3) is 9.34. The first-order chi connectivity index (χ1) is 18.5. The zero-order chi connectivity index (χ0) is 28.4. The van der Waals surface area contributed by atoms with Crippen LogP contribution < -0.4 is 0 Å². The second-order valence-corrected chi connectivity index (χ2v) is 17.9. The van der Waals surface area contributed by atoms with Crippen molar-refractivity contribution in [2.45, 2.75) is 69.2 Å². The van der Waals surface area contributed by atoms with Gasteiger partial charge in [0, 0.05) is 6.61 Å². The molecule has 6 heteroatoms. The summed E-state index contributed by atoms with van der Waals surface area (Å²) < 4.78 is 38.0. The standard InChI is InChI=1S/C33H42O4SSi/c1-33(2,3)39(4,5)37-24-16-15-21-30(36-25-26-38(34,35)31-22-13-8-14-23-31)27-32(28-17-9-6-10-18-28)29-19-11-7-12-20-29/h6-14,17-20,22-23,25-27,30H,15-16,21,24H2,1-5H3/b26-25+. The Balaban J connectivity index is 1.81. The predicted octanol–water partition coefficient (Wildman–Crippen LogP) is 8.64. The Morgan fingerprint density at radius 2 is 1.33 bits per heavy atom. The lowest BCUT2D eigenvalue weighted by atomic mass is 9.95. The SMILES string of the molecule is CC(C)(C)[Si](C)(C)OCCCCC(C=C(c1ccccc1)c1ccccc1)O/C=C/S(=O)(=O)c1ccccc1. The first kappa shape index (κ1) is 30.6. The van der Waals surface area contributed by atoms with Crippen LogP contribution in [0.2, 0.25) is 18.1 Å². The number of hydrogen-bond acceptors (Lipinski definition) is 4. The molecule has 0 saturated carbocycles. The van der Waals surface area contributed by atoms with E-state index in [1.165, 1.54) is 6.26 Å². The molecular formula is C33H42O4SSi. The summed E-state index contributed by atoms with van der Waals surface area (Å²) in [6.45, 7) is 12.0. The van der Waals surface area contributed by atoms with E-state index in [0.29, 0.717) is 0 Å². The highest BCUT2D eigenvalue weighted by atomic mass is 32.2. The van der Waals surface area contributed by atoms with Crippen LogP contribution in [0.1, 0.15) is 51.2 Å². The van der Waals surface area contributed by atoms with E-state index < -0.39 is 18.2 Å². The smallest absolute Gasteiger partial charge is 0.202 e. The summed E-state index contributed by atoms with van der Waals surface area (Å²) in [7, 11) is -5.38. The lowest BCUT2D eigenvalue weighted by Crippen LogP contribution is -2.40. The maximum absolute atomic E-state index is 12.8. The summed E-state index contributed by atoms with van der Waals surface area (Å²) in [5, 5.41) is 1.32. The van der Waals surface area contributed by atoms with Gasteiger partial charge in [0.15, 0.2) is 8.32 Å². The monoisotopic (exact) mass is 562 g/mol. The molecule has 208 valence electrons. The number of ether oxygens (including phenoxy) is 1. The molecule has 0 spiro atoms. The van der Waals surface area contributed by atoms with Gasteiger partial charge in [0.25, 0.3) is 0 Å². The van der Waals surface area contributed by atoms with E-state index >= 15 is 0 Å². The van der Waals surface area contributed by atoms with E-state index in [4.69, 9.17) is 9.16 Å². The van der Waals surface area contributed by atoms with Gasteiger partial charge in [0.05, 0.1) is 16.6 Å². The summed E-state index contributed by atoms with van der Waals surface area (Å²) in [5.41, 5.74) is 3.22. The minimum absolute atomic E-state index is 0.177. The Kier molecular flexibility index (Phi) is 10.9. The van der Waals surface area contributed by atoms with E-state index in [1.54, 1.807) is 30.3 Å². The van der Waals surface area contributed by atoms with Crippen LogP contribution in [0.15, 0.2) is 114 Å². The largest absolute Gasteiger partial charge is 0.493 e. The van der Waals surface area contributed by atoms with Crippen LogP contribution >= 0.6 is 0 Å². The van der Waals surface area contributed by atoms with Gasteiger partial charge in [-0.25, -0.2) is 8.42 Å². The number of benzene rings is 3. The Morgan fingerprint density at radius 1 is 0.821 bits per heavy atom. The second kappa shape index (κ2) is 13.9. The number of rotatable bonds is 13. The maximum Gasteiger partial charge on any atom is 0.202 e. The summed E-state index contributed by atoms with van der Waals surface area (Å²) in [6.07, 6.45) is 5.67. The molecule has 0 aliphatic rings. The minimum Gasteiger partial charge on any atom is -0.493 e.